The summed E-state index contributed by atoms with van der Waals surface area (Å²) in [5.74, 6) is -0.0473. The van der Waals surface area contributed by atoms with Crippen LogP contribution in [0.1, 0.15) is 28.1 Å². The molecule has 0 amide bonds. The number of amidine groups is 1. The summed E-state index contributed by atoms with van der Waals surface area (Å²) in [5.41, 5.74) is 11.3. The number of fused-ring (bicyclic) bond motifs is 1. The summed E-state index contributed by atoms with van der Waals surface area (Å²) in [6, 6.07) is 16.3. The molecule has 0 spiro atoms. The minimum atomic E-state index is -0.315. The molecule has 30 heavy (non-hydrogen) atoms. The molecular weight excluding hydrogens is 381 g/mol. The zero-order valence-corrected chi connectivity index (χ0v) is 16.8. The van der Waals surface area contributed by atoms with Gasteiger partial charge in [-0.3, -0.25) is 9.67 Å². The molecule has 2 N–H and O–H groups in total. The van der Waals surface area contributed by atoms with Crippen LogP contribution in [0.4, 0.5) is 4.39 Å². The van der Waals surface area contributed by atoms with Gasteiger partial charge in [0.25, 0.3) is 0 Å². The maximum absolute atomic E-state index is 13.9. The normalized spacial score (nSPS) is 11.8. The first kappa shape index (κ1) is 19.6. The highest BCUT2D eigenvalue weighted by atomic mass is 19.1. The van der Waals surface area contributed by atoms with E-state index in [0.29, 0.717) is 17.4 Å². The Labute approximate surface area is 173 Å². The lowest BCUT2D eigenvalue weighted by Crippen LogP contribution is -2.14. The second kappa shape index (κ2) is 8.32. The number of oxime groups is 1. The summed E-state index contributed by atoms with van der Waals surface area (Å²) in [7, 11) is 0. The maximum atomic E-state index is 13.9. The smallest absolute Gasteiger partial charge is 0.170 e. The second-order valence-electron chi connectivity index (χ2n) is 7.14. The molecule has 0 saturated heterocycles. The van der Waals surface area contributed by atoms with Crippen molar-refractivity contribution in [2.24, 2.45) is 10.9 Å². The zero-order chi connectivity index (χ0) is 21.1. The third kappa shape index (κ3) is 4.15. The number of aromatic nitrogens is 3. The van der Waals surface area contributed by atoms with Crippen molar-refractivity contribution in [3.8, 4) is 0 Å². The molecule has 6 nitrogen and oxygen atoms in total. The summed E-state index contributed by atoms with van der Waals surface area (Å²) in [6.45, 7) is 4.79. The number of benzene rings is 2. The number of rotatable bonds is 6. The molecule has 0 saturated carbocycles. The number of halogens is 1. The highest BCUT2D eigenvalue weighted by Crippen LogP contribution is 2.20. The van der Waals surface area contributed by atoms with Crippen molar-refractivity contribution in [1.82, 2.24) is 14.8 Å². The Bertz CT molecular complexity index is 1230. The van der Waals surface area contributed by atoms with Crippen LogP contribution in [0.3, 0.4) is 0 Å². The fourth-order valence-corrected chi connectivity index (χ4v) is 3.37. The number of nitrogens with zero attached hydrogens (tertiary/aromatic N) is 4. The second-order valence-corrected chi connectivity index (χ2v) is 7.14. The minimum absolute atomic E-state index is 0.139. The average molecular weight is 403 g/mol. The third-order valence-corrected chi connectivity index (χ3v) is 4.84. The zero-order valence-electron chi connectivity index (χ0n) is 16.8. The van der Waals surface area contributed by atoms with Gasteiger partial charge in [0, 0.05) is 28.4 Å². The Balaban J connectivity index is 1.48. The summed E-state index contributed by atoms with van der Waals surface area (Å²) >= 11 is 0. The molecule has 0 fully saturated rings. The van der Waals surface area contributed by atoms with E-state index in [1.54, 1.807) is 24.4 Å². The van der Waals surface area contributed by atoms with E-state index >= 15 is 0 Å². The van der Waals surface area contributed by atoms with Crippen molar-refractivity contribution in [3.63, 3.8) is 0 Å². The number of aryl methyl sites for hydroxylation is 2. The van der Waals surface area contributed by atoms with Gasteiger partial charge in [0.05, 0.1) is 17.8 Å². The van der Waals surface area contributed by atoms with Gasteiger partial charge in [0.2, 0.25) is 0 Å². The first-order valence-electron chi connectivity index (χ1n) is 9.59. The predicted octanol–water partition coefficient (Wildman–Crippen LogP) is 4.07. The molecule has 0 atom stereocenters. The Hall–Kier alpha value is -3.74. The summed E-state index contributed by atoms with van der Waals surface area (Å²) in [4.78, 5) is 9.70. The van der Waals surface area contributed by atoms with Crippen LogP contribution in [0.2, 0.25) is 0 Å². The Morgan fingerprint density at radius 3 is 2.80 bits per heavy atom. The van der Waals surface area contributed by atoms with Gasteiger partial charge in [0.15, 0.2) is 5.84 Å². The fourth-order valence-electron chi connectivity index (χ4n) is 3.37. The van der Waals surface area contributed by atoms with E-state index in [9.17, 15) is 4.39 Å². The van der Waals surface area contributed by atoms with Crippen LogP contribution in [0.25, 0.3) is 10.9 Å². The molecule has 4 aromatic rings. The molecular formula is C23H22FN5O. The van der Waals surface area contributed by atoms with Crippen molar-refractivity contribution < 1.29 is 9.23 Å². The van der Waals surface area contributed by atoms with Crippen LogP contribution < -0.4 is 5.73 Å². The SMILES string of the molecule is Cc1cc(C)n(Cc2cccc(/C(N)=N/OCc3ccc(F)c4cccnc34)c2)n1. The molecule has 7 heteroatoms. The molecule has 0 unspecified atom stereocenters. The van der Waals surface area contributed by atoms with Crippen molar-refractivity contribution in [3.05, 3.63) is 94.7 Å². The molecule has 2 heterocycles. The lowest BCUT2D eigenvalue weighted by Gasteiger charge is -2.08. The Morgan fingerprint density at radius 2 is 2.00 bits per heavy atom. The highest BCUT2D eigenvalue weighted by Gasteiger charge is 2.08. The van der Waals surface area contributed by atoms with Crippen LogP contribution in [0, 0.1) is 19.7 Å². The lowest BCUT2D eigenvalue weighted by molar-refractivity contribution is 0.131. The van der Waals surface area contributed by atoms with E-state index in [1.807, 2.05) is 48.9 Å². The van der Waals surface area contributed by atoms with E-state index < -0.39 is 0 Å². The minimum Gasteiger partial charge on any atom is -0.389 e. The van der Waals surface area contributed by atoms with Crippen LogP contribution in [0.15, 0.2) is 65.9 Å². The summed E-state index contributed by atoms with van der Waals surface area (Å²) < 4.78 is 15.9. The van der Waals surface area contributed by atoms with Gasteiger partial charge < -0.3 is 10.6 Å². The van der Waals surface area contributed by atoms with Crippen molar-refractivity contribution in [2.75, 3.05) is 0 Å². The average Bonchev–Trinajstić information content (AvgIpc) is 3.06. The highest BCUT2D eigenvalue weighted by molar-refractivity contribution is 5.97. The van der Waals surface area contributed by atoms with E-state index in [4.69, 9.17) is 10.6 Å². The van der Waals surface area contributed by atoms with Crippen molar-refractivity contribution in [1.29, 1.82) is 0 Å². The van der Waals surface area contributed by atoms with Gasteiger partial charge in [-0.2, -0.15) is 5.10 Å². The monoisotopic (exact) mass is 403 g/mol. The number of nitrogens with two attached hydrogens (primary N) is 1. The fraction of sp³-hybridized carbons (Fsp3) is 0.174. The summed E-state index contributed by atoms with van der Waals surface area (Å²) in [6.07, 6.45) is 1.62. The quantitative estimate of drug-likeness (QED) is 0.299. The Morgan fingerprint density at radius 1 is 1.13 bits per heavy atom. The molecule has 4 rings (SSSR count). The van der Waals surface area contributed by atoms with Gasteiger partial charge in [0.1, 0.15) is 12.4 Å². The lowest BCUT2D eigenvalue weighted by atomic mass is 10.1. The van der Waals surface area contributed by atoms with E-state index in [1.165, 1.54) is 6.07 Å². The first-order chi connectivity index (χ1) is 14.5. The van der Waals surface area contributed by atoms with Crippen LogP contribution >= 0.6 is 0 Å². The van der Waals surface area contributed by atoms with Gasteiger partial charge in [-0.15, -0.1) is 0 Å². The van der Waals surface area contributed by atoms with Gasteiger partial charge in [-0.05, 0) is 49.7 Å². The Kier molecular flexibility index (Phi) is 5.43. The van der Waals surface area contributed by atoms with Gasteiger partial charge >= 0.3 is 0 Å². The number of hydrogen-bond acceptors (Lipinski definition) is 4. The van der Waals surface area contributed by atoms with E-state index in [0.717, 1.165) is 28.1 Å². The molecule has 0 radical (unpaired) electrons. The molecule has 0 aliphatic heterocycles. The van der Waals surface area contributed by atoms with Crippen molar-refractivity contribution >= 4 is 16.7 Å². The summed E-state index contributed by atoms with van der Waals surface area (Å²) in [5, 5.41) is 8.98. The molecule has 0 aliphatic carbocycles. The number of hydrogen-bond donors (Lipinski definition) is 1. The van der Waals surface area contributed by atoms with Crippen molar-refractivity contribution in [2.45, 2.75) is 27.0 Å². The van der Waals surface area contributed by atoms with Crippen LogP contribution in [-0.4, -0.2) is 20.6 Å². The van der Waals surface area contributed by atoms with E-state index in [2.05, 4.69) is 15.2 Å². The van der Waals surface area contributed by atoms with Gasteiger partial charge in [-0.25, -0.2) is 4.39 Å². The topological polar surface area (TPSA) is 78.3 Å². The largest absolute Gasteiger partial charge is 0.389 e. The first-order valence-corrected chi connectivity index (χ1v) is 9.59. The molecule has 2 aromatic carbocycles. The third-order valence-electron chi connectivity index (χ3n) is 4.84. The standard InChI is InChI=1S/C23H22FN5O/c1-15-11-16(2)29(27-15)13-17-5-3-6-18(12-17)23(25)28-30-14-19-8-9-21(24)20-7-4-10-26-22(19)20/h3-12H,13-14H2,1-2H3,(H2,25,28). The van der Waals surface area contributed by atoms with E-state index in [-0.39, 0.29) is 18.3 Å². The molecule has 0 bridgehead atoms. The molecule has 152 valence electrons. The van der Waals surface area contributed by atoms with Crippen LogP contribution in [-0.2, 0) is 18.0 Å². The molecule has 2 aromatic heterocycles. The number of pyridine rings is 1. The van der Waals surface area contributed by atoms with Crippen LogP contribution in [0.5, 0.6) is 0 Å². The maximum Gasteiger partial charge on any atom is 0.170 e. The molecule has 0 aliphatic rings. The predicted molar refractivity (Wildman–Crippen MR) is 114 cm³/mol. The van der Waals surface area contributed by atoms with Gasteiger partial charge in [-0.1, -0.05) is 29.4 Å².